The van der Waals surface area contributed by atoms with E-state index in [2.05, 4.69) is 20.4 Å². The first-order chi connectivity index (χ1) is 12.9. The first kappa shape index (κ1) is 19.5. The normalized spacial score (nSPS) is 16.2. The van der Waals surface area contributed by atoms with Gasteiger partial charge < -0.3 is 10.2 Å². The van der Waals surface area contributed by atoms with Gasteiger partial charge >= 0.3 is 0 Å². The molecular weight excluding hydrogens is 374 g/mol. The van der Waals surface area contributed by atoms with E-state index in [1.807, 2.05) is 0 Å². The summed E-state index contributed by atoms with van der Waals surface area (Å²) in [4.78, 5) is 14.6. The minimum Gasteiger partial charge on any atom is -0.355 e. The van der Waals surface area contributed by atoms with Crippen LogP contribution < -0.4 is 10.2 Å². The van der Waals surface area contributed by atoms with Crippen molar-refractivity contribution in [2.24, 2.45) is 5.92 Å². The van der Waals surface area contributed by atoms with Crippen molar-refractivity contribution in [3.8, 4) is 0 Å². The number of nitrogens with one attached hydrogen (secondary N) is 1. The van der Waals surface area contributed by atoms with Gasteiger partial charge in [0.1, 0.15) is 11.6 Å². The van der Waals surface area contributed by atoms with Crippen molar-refractivity contribution >= 4 is 23.3 Å². The van der Waals surface area contributed by atoms with E-state index in [4.69, 9.17) is 11.6 Å². The van der Waals surface area contributed by atoms with Crippen LogP contribution in [0, 0.1) is 17.6 Å². The first-order valence-electron chi connectivity index (χ1n) is 8.91. The Labute approximate surface area is 161 Å². The summed E-state index contributed by atoms with van der Waals surface area (Å²) < 4.78 is 27.5. The van der Waals surface area contributed by atoms with Crippen LogP contribution in [0.5, 0.6) is 0 Å². The summed E-state index contributed by atoms with van der Waals surface area (Å²) >= 11 is 5.75. The number of amides is 1. The van der Waals surface area contributed by atoms with E-state index < -0.39 is 11.6 Å². The molecule has 144 valence electrons. The lowest BCUT2D eigenvalue weighted by Gasteiger charge is -2.32. The molecule has 1 aromatic carbocycles. The van der Waals surface area contributed by atoms with Gasteiger partial charge in [-0.25, -0.2) is 8.78 Å². The molecule has 1 aromatic heterocycles. The highest BCUT2D eigenvalue weighted by molar-refractivity contribution is 6.29. The number of aromatic nitrogens is 2. The van der Waals surface area contributed by atoms with E-state index in [1.54, 1.807) is 19.1 Å². The lowest BCUT2D eigenvalue weighted by molar-refractivity contribution is -0.126. The third-order valence-corrected chi connectivity index (χ3v) is 4.97. The monoisotopic (exact) mass is 394 g/mol. The fourth-order valence-electron chi connectivity index (χ4n) is 3.29. The second-order valence-corrected chi connectivity index (χ2v) is 7.18. The van der Waals surface area contributed by atoms with Gasteiger partial charge in [-0.05, 0) is 50.5 Å². The summed E-state index contributed by atoms with van der Waals surface area (Å²) in [6.07, 6.45) is 1.47. The molecule has 0 saturated carbocycles. The van der Waals surface area contributed by atoms with Crippen LogP contribution >= 0.6 is 11.6 Å². The number of benzene rings is 1. The molecule has 1 aliphatic rings. The zero-order valence-corrected chi connectivity index (χ0v) is 15.7. The van der Waals surface area contributed by atoms with E-state index >= 15 is 0 Å². The highest BCUT2D eigenvalue weighted by atomic mass is 35.5. The smallest absolute Gasteiger partial charge is 0.223 e. The van der Waals surface area contributed by atoms with Gasteiger partial charge in [0.25, 0.3) is 0 Å². The van der Waals surface area contributed by atoms with E-state index in [1.165, 1.54) is 18.2 Å². The Morgan fingerprint density at radius 2 is 1.89 bits per heavy atom. The van der Waals surface area contributed by atoms with Gasteiger partial charge in [-0.1, -0.05) is 17.7 Å². The number of nitrogens with zero attached hydrogens (tertiary/aromatic N) is 3. The molecule has 1 aliphatic heterocycles. The summed E-state index contributed by atoms with van der Waals surface area (Å²) in [6.45, 7) is 3.12. The van der Waals surface area contributed by atoms with Crippen LogP contribution in [0.2, 0.25) is 5.15 Å². The van der Waals surface area contributed by atoms with Crippen molar-refractivity contribution in [1.82, 2.24) is 15.5 Å². The number of anilines is 1. The lowest BCUT2D eigenvalue weighted by Crippen LogP contribution is -2.44. The van der Waals surface area contributed by atoms with Crippen molar-refractivity contribution < 1.29 is 13.6 Å². The Hall–Kier alpha value is -2.28. The third-order valence-electron chi connectivity index (χ3n) is 4.77. The molecule has 1 amide bonds. The third kappa shape index (κ3) is 4.91. The summed E-state index contributed by atoms with van der Waals surface area (Å²) in [5.74, 6) is -0.654. The molecule has 1 N–H and O–H groups in total. The Morgan fingerprint density at radius 1 is 1.22 bits per heavy atom. The molecule has 0 bridgehead atoms. The average molecular weight is 395 g/mol. The SMILES string of the molecule is C[C@@H](Cc1c(F)cccc1F)NC(=O)C1CCN(c2ccc(Cl)nn2)CC1. The molecule has 1 fully saturated rings. The van der Waals surface area contributed by atoms with Crippen molar-refractivity contribution in [3.63, 3.8) is 0 Å². The van der Waals surface area contributed by atoms with E-state index in [0.717, 1.165) is 5.82 Å². The zero-order chi connectivity index (χ0) is 19.4. The lowest BCUT2D eigenvalue weighted by atomic mass is 9.95. The van der Waals surface area contributed by atoms with E-state index in [0.29, 0.717) is 31.1 Å². The maximum atomic E-state index is 13.8. The summed E-state index contributed by atoms with van der Waals surface area (Å²) in [7, 11) is 0. The minimum atomic E-state index is -0.589. The molecule has 1 saturated heterocycles. The molecule has 2 heterocycles. The zero-order valence-electron chi connectivity index (χ0n) is 15.0. The number of hydrogen-bond acceptors (Lipinski definition) is 4. The summed E-state index contributed by atoms with van der Waals surface area (Å²) in [6, 6.07) is 6.91. The maximum Gasteiger partial charge on any atom is 0.223 e. The van der Waals surface area contributed by atoms with Crippen LogP contribution in [0.1, 0.15) is 25.3 Å². The second kappa shape index (κ2) is 8.61. The molecule has 0 radical (unpaired) electrons. The average Bonchev–Trinajstić information content (AvgIpc) is 2.65. The number of carbonyl (C=O) groups is 1. The molecule has 0 spiro atoms. The molecule has 2 aromatic rings. The Bertz CT molecular complexity index is 775. The molecule has 0 unspecified atom stereocenters. The minimum absolute atomic E-state index is 0.00133. The fourth-order valence-corrected chi connectivity index (χ4v) is 3.39. The number of carbonyl (C=O) groups excluding carboxylic acids is 1. The van der Waals surface area contributed by atoms with Gasteiger partial charge in [0, 0.05) is 30.6 Å². The Balaban J connectivity index is 1.51. The highest BCUT2D eigenvalue weighted by Gasteiger charge is 2.27. The van der Waals surface area contributed by atoms with Crippen molar-refractivity contribution in [3.05, 3.63) is 52.7 Å². The van der Waals surface area contributed by atoms with Crippen molar-refractivity contribution in [2.75, 3.05) is 18.0 Å². The number of halogens is 3. The molecule has 27 heavy (non-hydrogen) atoms. The summed E-state index contributed by atoms with van der Waals surface area (Å²) in [5, 5.41) is 11.1. The van der Waals surface area contributed by atoms with Crippen LogP contribution in [-0.4, -0.2) is 35.2 Å². The standard InChI is InChI=1S/C19H21ClF2N4O/c1-12(11-14-15(21)3-2-4-16(14)22)23-19(27)13-7-9-26(10-8-13)18-6-5-17(20)24-25-18/h2-6,12-13H,7-11H2,1H3,(H,23,27)/t12-/m0/s1. The number of piperidine rings is 1. The predicted molar refractivity (Wildman–Crippen MR) is 99.6 cm³/mol. The van der Waals surface area contributed by atoms with Crippen LogP contribution in [0.3, 0.4) is 0 Å². The van der Waals surface area contributed by atoms with Gasteiger partial charge in [-0.2, -0.15) is 0 Å². The van der Waals surface area contributed by atoms with Gasteiger partial charge in [0.05, 0.1) is 0 Å². The largest absolute Gasteiger partial charge is 0.355 e. The maximum absolute atomic E-state index is 13.8. The van der Waals surface area contributed by atoms with Crippen LogP contribution in [0.15, 0.2) is 30.3 Å². The Kier molecular flexibility index (Phi) is 6.21. The molecule has 0 aliphatic carbocycles. The van der Waals surface area contributed by atoms with Gasteiger partial charge in [-0.3, -0.25) is 4.79 Å². The molecule has 5 nitrogen and oxygen atoms in total. The topological polar surface area (TPSA) is 58.1 Å². The van der Waals surface area contributed by atoms with Crippen LogP contribution in [0.4, 0.5) is 14.6 Å². The second-order valence-electron chi connectivity index (χ2n) is 6.79. The Morgan fingerprint density at radius 3 is 2.48 bits per heavy atom. The van der Waals surface area contributed by atoms with E-state index in [9.17, 15) is 13.6 Å². The van der Waals surface area contributed by atoms with Crippen molar-refractivity contribution in [1.29, 1.82) is 0 Å². The highest BCUT2D eigenvalue weighted by Crippen LogP contribution is 2.22. The number of hydrogen-bond donors (Lipinski definition) is 1. The molecule has 1 atom stereocenters. The molecule has 8 heteroatoms. The van der Waals surface area contributed by atoms with Gasteiger partial charge in [-0.15, -0.1) is 10.2 Å². The van der Waals surface area contributed by atoms with Crippen LogP contribution in [-0.2, 0) is 11.2 Å². The van der Waals surface area contributed by atoms with E-state index in [-0.39, 0.29) is 29.9 Å². The van der Waals surface area contributed by atoms with Gasteiger partial charge in [0.15, 0.2) is 11.0 Å². The quantitative estimate of drug-likeness (QED) is 0.844. The first-order valence-corrected chi connectivity index (χ1v) is 9.29. The molecular formula is C19H21ClF2N4O. The summed E-state index contributed by atoms with van der Waals surface area (Å²) in [5.41, 5.74) is 0.00133. The predicted octanol–water partition coefficient (Wildman–Crippen LogP) is 3.37. The number of rotatable bonds is 5. The fraction of sp³-hybridized carbons (Fsp3) is 0.421. The van der Waals surface area contributed by atoms with Crippen LogP contribution in [0.25, 0.3) is 0 Å². The van der Waals surface area contributed by atoms with Gasteiger partial charge in [0.2, 0.25) is 5.91 Å². The molecule has 3 rings (SSSR count). The van der Waals surface area contributed by atoms with Crippen molar-refractivity contribution in [2.45, 2.75) is 32.2 Å².